The number of aromatic nitrogens is 1. The van der Waals surface area contributed by atoms with Crippen LogP contribution < -0.4 is 0 Å². The van der Waals surface area contributed by atoms with Crippen molar-refractivity contribution < 1.29 is 8.42 Å². The molecule has 1 saturated heterocycles. The molecular weight excluding hydrogens is 352 g/mol. The predicted octanol–water partition coefficient (Wildman–Crippen LogP) is 3.98. The standard InChI is InChI=1S/C16H19ClN2O2S2/c1-11-9-15(22-16(11)17)23(20,21)19-7-5-13(6-8-19)14-4-3-12(2)18-10-14/h3-4,9-10,13H,5-8H2,1-2H3. The van der Waals surface area contributed by atoms with Crippen molar-refractivity contribution in [3.05, 3.63) is 45.6 Å². The van der Waals surface area contributed by atoms with Crippen LogP contribution in [0, 0.1) is 13.8 Å². The first-order chi connectivity index (χ1) is 10.9. The lowest BCUT2D eigenvalue weighted by Crippen LogP contribution is -2.37. The summed E-state index contributed by atoms with van der Waals surface area (Å²) in [4.78, 5) is 4.34. The number of aryl methyl sites for hydroxylation is 2. The Bertz CT molecular complexity index is 772. The van der Waals surface area contributed by atoms with Crippen LogP contribution in [0.2, 0.25) is 4.34 Å². The summed E-state index contributed by atoms with van der Waals surface area (Å²) in [6.07, 6.45) is 3.55. The van der Waals surface area contributed by atoms with Gasteiger partial charge in [0.15, 0.2) is 0 Å². The molecule has 4 nitrogen and oxygen atoms in total. The van der Waals surface area contributed by atoms with Crippen molar-refractivity contribution in [1.82, 2.24) is 9.29 Å². The average Bonchev–Trinajstić information content (AvgIpc) is 2.88. The van der Waals surface area contributed by atoms with Gasteiger partial charge >= 0.3 is 0 Å². The van der Waals surface area contributed by atoms with Gasteiger partial charge in [0.05, 0.1) is 4.34 Å². The summed E-state index contributed by atoms with van der Waals surface area (Å²) in [7, 11) is -3.42. The monoisotopic (exact) mass is 370 g/mol. The van der Waals surface area contributed by atoms with Crippen molar-refractivity contribution in [3.63, 3.8) is 0 Å². The van der Waals surface area contributed by atoms with E-state index in [4.69, 9.17) is 11.6 Å². The molecule has 1 aliphatic heterocycles. The quantitative estimate of drug-likeness (QED) is 0.821. The Labute approximate surface area is 146 Å². The first-order valence-corrected chi connectivity index (χ1v) is 10.2. The number of pyridine rings is 1. The highest BCUT2D eigenvalue weighted by atomic mass is 35.5. The summed E-state index contributed by atoms with van der Waals surface area (Å²) < 4.78 is 27.9. The van der Waals surface area contributed by atoms with E-state index in [-0.39, 0.29) is 0 Å². The van der Waals surface area contributed by atoms with E-state index in [0.29, 0.717) is 27.6 Å². The molecule has 7 heteroatoms. The molecule has 124 valence electrons. The minimum absolute atomic E-state index is 0.343. The molecule has 2 aromatic rings. The molecule has 0 aliphatic carbocycles. The van der Waals surface area contributed by atoms with Gasteiger partial charge in [0.25, 0.3) is 10.0 Å². The molecule has 3 rings (SSSR count). The second kappa shape index (κ2) is 6.51. The zero-order chi connectivity index (χ0) is 16.6. The average molecular weight is 371 g/mol. The number of thiophene rings is 1. The Morgan fingerprint density at radius 2 is 1.96 bits per heavy atom. The summed E-state index contributed by atoms with van der Waals surface area (Å²) in [5, 5.41) is 0. The van der Waals surface area contributed by atoms with Crippen LogP contribution in [-0.4, -0.2) is 30.8 Å². The van der Waals surface area contributed by atoms with Crippen LogP contribution in [0.3, 0.4) is 0 Å². The molecule has 0 N–H and O–H groups in total. The molecule has 1 aliphatic rings. The van der Waals surface area contributed by atoms with Crippen molar-refractivity contribution in [3.8, 4) is 0 Å². The Morgan fingerprint density at radius 3 is 2.48 bits per heavy atom. The molecule has 0 unspecified atom stereocenters. The Balaban J connectivity index is 1.72. The second-order valence-electron chi connectivity index (χ2n) is 5.93. The molecule has 0 aromatic carbocycles. The van der Waals surface area contributed by atoms with E-state index in [9.17, 15) is 8.42 Å². The summed E-state index contributed by atoms with van der Waals surface area (Å²) in [6.45, 7) is 4.87. The van der Waals surface area contributed by atoms with E-state index in [1.165, 1.54) is 5.56 Å². The lowest BCUT2D eigenvalue weighted by molar-refractivity contribution is 0.320. The SMILES string of the molecule is Cc1ccc(C2CCN(S(=O)(=O)c3cc(C)c(Cl)s3)CC2)cn1. The molecule has 0 atom stereocenters. The van der Waals surface area contributed by atoms with Gasteiger partial charge in [-0.15, -0.1) is 11.3 Å². The first-order valence-electron chi connectivity index (χ1n) is 7.56. The maximum atomic E-state index is 12.7. The molecular formula is C16H19ClN2O2S2. The fourth-order valence-electron chi connectivity index (χ4n) is 2.84. The van der Waals surface area contributed by atoms with Gasteiger partial charge in [0, 0.05) is 25.0 Å². The van der Waals surface area contributed by atoms with Crippen LogP contribution in [0.5, 0.6) is 0 Å². The van der Waals surface area contributed by atoms with Gasteiger partial charge < -0.3 is 0 Å². The topological polar surface area (TPSA) is 50.3 Å². The fraction of sp³-hybridized carbons (Fsp3) is 0.438. The van der Waals surface area contributed by atoms with Crippen molar-refractivity contribution in [2.75, 3.05) is 13.1 Å². The maximum absolute atomic E-state index is 12.7. The molecule has 0 amide bonds. The fourth-order valence-corrected chi connectivity index (χ4v) is 6.17. The Morgan fingerprint density at radius 1 is 1.26 bits per heavy atom. The minimum Gasteiger partial charge on any atom is -0.261 e. The lowest BCUT2D eigenvalue weighted by Gasteiger charge is -2.30. The third-order valence-electron chi connectivity index (χ3n) is 4.29. The highest BCUT2D eigenvalue weighted by molar-refractivity contribution is 7.91. The summed E-state index contributed by atoms with van der Waals surface area (Å²) in [6, 6.07) is 5.77. The summed E-state index contributed by atoms with van der Waals surface area (Å²) in [5.41, 5.74) is 3.01. The highest BCUT2D eigenvalue weighted by Gasteiger charge is 2.31. The van der Waals surface area contributed by atoms with E-state index in [1.807, 2.05) is 26.1 Å². The molecule has 0 saturated carbocycles. The van der Waals surface area contributed by atoms with Gasteiger partial charge in [-0.05, 0) is 55.9 Å². The molecule has 23 heavy (non-hydrogen) atoms. The minimum atomic E-state index is -3.42. The summed E-state index contributed by atoms with van der Waals surface area (Å²) >= 11 is 7.16. The van der Waals surface area contributed by atoms with Gasteiger partial charge in [0.2, 0.25) is 0 Å². The van der Waals surface area contributed by atoms with Crippen LogP contribution in [-0.2, 0) is 10.0 Å². The smallest absolute Gasteiger partial charge is 0.252 e. The number of piperidine rings is 1. The van der Waals surface area contributed by atoms with Crippen LogP contribution in [0.15, 0.2) is 28.6 Å². The van der Waals surface area contributed by atoms with Crippen LogP contribution in [0.4, 0.5) is 0 Å². The number of hydrogen-bond acceptors (Lipinski definition) is 4. The van der Waals surface area contributed by atoms with Gasteiger partial charge in [-0.2, -0.15) is 4.31 Å². The van der Waals surface area contributed by atoms with Crippen LogP contribution in [0.25, 0.3) is 0 Å². The van der Waals surface area contributed by atoms with E-state index in [2.05, 4.69) is 11.1 Å². The second-order valence-corrected chi connectivity index (χ2v) is 9.75. The number of nitrogens with zero attached hydrogens (tertiary/aromatic N) is 2. The molecule has 1 fully saturated rings. The number of sulfonamides is 1. The van der Waals surface area contributed by atoms with Crippen LogP contribution >= 0.6 is 22.9 Å². The van der Waals surface area contributed by atoms with Crippen molar-refractivity contribution in [1.29, 1.82) is 0 Å². The highest BCUT2D eigenvalue weighted by Crippen LogP contribution is 2.35. The number of halogens is 1. The van der Waals surface area contributed by atoms with Gasteiger partial charge in [0.1, 0.15) is 4.21 Å². The lowest BCUT2D eigenvalue weighted by atomic mass is 9.91. The Kier molecular flexibility index (Phi) is 4.78. The van der Waals surface area contributed by atoms with Crippen molar-refractivity contribution in [2.24, 2.45) is 0 Å². The third-order valence-corrected chi connectivity index (χ3v) is 8.19. The van der Waals surface area contributed by atoms with E-state index < -0.39 is 10.0 Å². The zero-order valence-electron chi connectivity index (χ0n) is 13.1. The van der Waals surface area contributed by atoms with E-state index >= 15 is 0 Å². The number of rotatable bonds is 3. The zero-order valence-corrected chi connectivity index (χ0v) is 15.5. The largest absolute Gasteiger partial charge is 0.261 e. The third kappa shape index (κ3) is 3.45. The molecule has 2 aromatic heterocycles. The van der Waals surface area contributed by atoms with Gasteiger partial charge in [-0.3, -0.25) is 4.98 Å². The normalized spacial score (nSPS) is 17.5. The van der Waals surface area contributed by atoms with E-state index in [1.54, 1.807) is 10.4 Å². The van der Waals surface area contributed by atoms with E-state index in [0.717, 1.165) is 35.4 Å². The van der Waals surface area contributed by atoms with Gasteiger partial charge in [-0.1, -0.05) is 17.7 Å². The van der Waals surface area contributed by atoms with Crippen molar-refractivity contribution >= 4 is 33.0 Å². The molecule has 3 heterocycles. The summed E-state index contributed by atoms with van der Waals surface area (Å²) in [5.74, 6) is 0.378. The van der Waals surface area contributed by atoms with Crippen LogP contribution in [0.1, 0.15) is 35.6 Å². The number of hydrogen-bond donors (Lipinski definition) is 0. The molecule has 0 radical (unpaired) electrons. The molecule has 0 bridgehead atoms. The van der Waals surface area contributed by atoms with Crippen molar-refractivity contribution in [2.45, 2.75) is 36.8 Å². The molecule has 0 spiro atoms. The predicted molar refractivity (Wildman–Crippen MR) is 93.8 cm³/mol. The maximum Gasteiger partial charge on any atom is 0.252 e. The van der Waals surface area contributed by atoms with Gasteiger partial charge in [-0.25, -0.2) is 8.42 Å². The Hall–Kier alpha value is -0.950. The first kappa shape index (κ1) is 16.9.